The zero-order valence-electron chi connectivity index (χ0n) is 15.8. The number of rotatable bonds is 7. The van der Waals surface area contributed by atoms with E-state index in [4.69, 9.17) is 16.2 Å². The first-order valence-corrected chi connectivity index (χ1v) is 8.64. The van der Waals surface area contributed by atoms with E-state index in [0.717, 1.165) is 0 Å². The fourth-order valence-corrected chi connectivity index (χ4v) is 2.83. The molecule has 0 radical (unpaired) electrons. The molecule has 1 aromatic heterocycles. The van der Waals surface area contributed by atoms with Crippen LogP contribution in [0.15, 0.2) is 52.4 Å². The Bertz CT molecular complexity index is 1160. The average molecular weight is 413 g/mol. The van der Waals surface area contributed by atoms with Crippen LogP contribution in [-0.2, 0) is 0 Å². The van der Waals surface area contributed by atoms with Crippen molar-refractivity contribution in [2.24, 2.45) is 16.6 Å². The lowest BCUT2D eigenvalue weighted by Gasteiger charge is -2.22. The van der Waals surface area contributed by atoms with Crippen LogP contribution in [0.4, 0.5) is 5.69 Å². The number of aromatic amines is 1. The molecule has 3 aromatic rings. The lowest BCUT2D eigenvalue weighted by molar-refractivity contribution is -0.384. The highest BCUT2D eigenvalue weighted by atomic mass is 16.6. The SMILES string of the molecule is COc1ccc([C@@H](O)[C@H](NN=C(N)N)c2nc3ccc([N+](=O)[O-])cc3[nH]c2=O)cc1. The van der Waals surface area contributed by atoms with Gasteiger partial charge in [-0.2, -0.15) is 0 Å². The first kappa shape index (κ1) is 20.5. The van der Waals surface area contributed by atoms with E-state index in [0.29, 0.717) is 11.3 Å². The van der Waals surface area contributed by atoms with E-state index in [1.807, 2.05) is 0 Å². The Hall–Kier alpha value is -4.19. The maximum atomic E-state index is 12.7. The van der Waals surface area contributed by atoms with Crippen molar-refractivity contribution in [3.8, 4) is 5.75 Å². The van der Waals surface area contributed by atoms with Crippen molar-refractivity contribution in [2.45, 2.75) is 12.1 Å². The molecule has 156 valence electrons. The van der Waals surface area contributed by atoms with Crippen LogP contribution in [0.5, 0.6) is 5.75 Å². The van der Waals surface area contributed by atoms with Gasteiger partial charge in [-0.1, -0.05) is 12.1 Å². The topological polar surface area (TPSA) is 195 Å². The first-order chi connectivity index (χ1) is 14.3. The van der Waals surface area contributed by atoms with Gasteiger partial charge in [0.05, 0.1) is 23.1 Å². The molecule has 1 heterocycles. The Morgan fingerprint density at radius 2 is 2.00 bits per heavy atom. The molecule has 3 rings (SSSR count). The molecule has 7 N–H and O–H groups in total. The molecule has 0 aliphatic heterocycles. The zero-order chi connectivity index (χ0) is 21.8. The molecule has 12 heteroatoms. The number of nitrogens with two attached hydrogens (primary N) is 2. The van der Waals surface area contributed by atoms with Gasteiger partial charge in [0.1, 0.15) is 23.6 Å². The number of benzene rings is 2. The zero-order valence-corrected chi connectivity index (χ0v) is 15.8. The number of hydrogen-bond donors (Lipinski definition) is 5. The van der Waals surface area contributed by atoms with Crippen molar-refractivity contribution < 1.29 is 14.8 Å². The molecule has 0 aliphatic carbocycles. The van der Waals surface area contributed by atoms with Crippen molar-refractivity contribution in [3.63, 3.8) is 0 Å². The van der Waals surface area contributed by atoms with Gasteiger partial charge in [0.2, 0.25) is 5.96 Å². The first-order valence-electron chi connectivity index (χ1n) is 8.64. The number of hydrazone groups is 1. The van der Waals surface area contributed by atoms with Crippen LogP contribution < -0.4 is 27.2 Å². The lowest BCUT2D eigenvalue weighted by atomic mass is 10.00. The number of aliphatic hydroxyl groups is 1. The van der Waals surface area contributed by atoms with Crippen molar-refractivity contribution >= 4 is 22.7 Å². The molecule has 0 amide bonds. The number of fused-ring (bicyclic) bond motifs is 1. The number of aliphatic hydroxyl groups excluding tert-OH is 1. The van der Waals surface area contributed by atoms with Crippen molar-refractivity contribution in [1.29, 1.82) is 0 Å². The van der Waals surface area contributed by atoms with Gasteiger partial charge in [0, 0.05) is 12.1 Å². The highest BCUT2D eigenvalue weighted by molar-refractivity contribution is 5.77. The summed E-state index contributed by atoms with van der Waals surface area (Å²) in [5, 5.41) is 25.5. The Morgan fingerprint density at radius 1 is 1.30 bits per heavy atom. The summed E-state index contributed by atoms with van der Waals surface area (Å²) < 4.78 is 5.10. The number of nitro groups is 1. The van der Waals surface area contributed by atoms with Gasteiger partial charge in [-0.05, 0) is 23.8 Å². The van der Waals surface area contributed by atoms with Crippen LogP contribution in [0.3, 0.4) is 0 Å². The minimum Gasteiger partial charge on any atom is -0.497 e. The van der Waals surface area contributed by atoms with Crippen molar-refractivity contribution in [2.75, 3.05) is 7.11 Å². The van der Waals surface area contributed by atoms with Crippen LogP contribution in [0.25, 0.3) is 11.0 Å². The van der Waals surface area contributed by atoms with Gasteiger partial charge < -0.3 is 26.3 Å². The van der Waals surface area contributed by atoms with E-state index < -0.39 is 22.6 Å². The Kier molecular flexibility index (Phi) is 5.78. The summed E-state index contributed by atoms with van der Waals surface area (Å²) in [5.74, 6) is 0.276. The third-order valence-electron chi connectivity index (χ3n) is 4.31. The normalized spacial score (nSPS) is 12.7. The van der Waals surface area contributed by atoms with Crippen LogP contribution in [-0.4, -0.2) is 33.1 Å². The molecule has 0 spiro atoms. The molecular formula is C18H19N7O5. The van der Waals surface area contributed by atoms with Gasteiger partial charge in [0.25, 0.3) is 11.2 Å². The van der Waals surface area contributed by atoms with Gasteiger partial charge in [-0.25, -0.2) is 4.98 Å². The second-order valence-electron chi connectivity index (χ2n) is 6.27. The third-order valence-corrected chi connectivity index (χ3v) is 4.31. The summed E-state index contributed by atoms with van der Waals surface area (Å²) in [6.07, 6.45) is -1.26. The maximum Gasteiger partial charge on any atom is 0.272 e. The molecule has 12 nitrogen and oxygen atoms in total. The highest BCUT2D eigenvalue weighted by Crippen LogP contribution is 2.28. The summed E-state index contributed by atoms with van der Waals surface area (Å²) in [5.41, 5.74) is 13.2. The number of nitrogens with one attached hydrogen (secondary N) is 2. The number of methoxy groups -OCH3 is 1. The number of ether oxygens (including phenoxy) is 1. The van der Waals surface area contributed by atoms with Crippen LogP contribution in [0, 0.1) is 10.1 Å². The van der Waals surface area contributed by atoms with E-state index in [2.05, 4.69) is 20.5 Å². The Balaban J connectivity index is 2.08. The monoisotopic (exact) mass is 413 g/mol. The maximum absolute atomic E-state index is 12.7. The molecule has 0 fully saturated rings. The minimum atomic E-state index is -1.26. The summed E-state index contributed by atoms with van der Waals surface area (Å²) in [6, 6.07) is 9.26. The number of hydrogen-bond acceptors (Lipinski definition) is 8. The average Bonchev–Trinajstić information content (AvgIpc) is 2.73. The number of aromatic nitrogens is 2. The molecule has 2 aromatic carbocycles. The molecule has 0 bridgehead atoms. The molecule has 0 saturated carbocycles. The van der Waals surface area contributed by atoms with E-state index in [1.165, 1.54) is 25.3 Å². The van der Waals surface area contributed by atoms with Gasteiger partial charge in [-0.3, -0.25) is 20.3 Å². The number of nitrogens with zero attached hydrogens (tertiary/aromatic N) is 3. The van der Waals surface area contributed by atoms with Gasteiger partial charge in [0.15, 0.2) is 0 Å². The predicted octanol–water partition coefficient (Wildman–Crippen LogP) is 0.393. The summed E-state index contributed by atoms with van der Waals surface area (Å²) in [6.45, 7) is 0. The molecule has 2 atom stereocenters. The van der Waals surface area contributed by atoms with E-state index in [9.17, 15) is 20.0 Å². The van der Waals surface area contributed by atoms with Crippen LogP contribution in [0.2, 0.25) is 0 Å². The summed E-state index contributed by atoms with van der Waals surface area (Å²) in [4.78, 5) is 29.8. The largest absolute Gasteiger partial charge is 0.497 e. The smallest absolute Gasteiger partial charge is 0.272 e. The molecular weight excluding hydrogens is 394 g/mol. The van der Waals surface area contributed by atoms with Gasteiger partial charge >= 0.3 is 0 Å². The van der Waals surface area contributed by atoms with E-state index in [-0.39, 0.29) is 28.4 Å². The Labute approximate surface area is 169 Å². The van der Waals surface area contributed by atoms with Gasteiger partial charge in [-0.15, -0.1) is 5.10 Å². The fraction of sp³-hybridized carbons (Fsp3) is 0.167. The molecule has 0 aliphatic rings. The number of H-pyrrole nitrogens is 1. The highest BCUT2D eigenvalue weighted by Gasteiger charge is 2.27. The lowest BCUT2D eigenvalue weighted by Crippen LogP contribution is -2.34. The quantitative estimate of drug-likeness (QED) is 0.157. The minimum absolute atomic E-state index is 0.107. The molecule has 30 heavy (non-hydrogen) atoms. The Morgan fingerprint density at radius 3 is 2.60 bits per heavy atom. The number of nitro benzene ring substituents is 1. The molecule has 0 saturated heterocycles. The summed E-state index contributed by atoms with van der Waals surface area (Å²) >= 11 is 0. The second kappa shape index (κ2) is 8.45. The van der Waals surface area contributed by atoms with E-state index >= 15 is 0 Å². The molecule has 0 unspecified atom stereocenters. The predicted molar refractivity (Wildman–Crippen MR) is 109 cm³/mol. The summed E-state index contributed by atoms with van der Waals surface area (Å²) in [7, 11) is 1.51. The third kappa shape index (κ3) is 4.28. The second-order valence-corrected chi connectivity index (χ2v) is 6.27. The fourth-order valence-electron chi connectivity index (χ4n) is 2.83. The van der Waals surface area contributed by atoms with Crippen molar-refractivity contribution in [1.82, 2.24) is 15.4 Å². The van der Waals surface area contributed by atoms with Crippen LogP contribution in [0.1, 0.15) is 23.4 Å². The van der Waals surface area contributed by atoms with Crippen molar-refractivity contribution in [3.05, 3.63) is 74.2 Å². The van der Waals surface area contributed by atoms with E-state index in [1.54, 1.807) is 24.3 Å². The van der Waals surface area contributed by atoms with Crippen LogP contribution >= 0.6 is 0 Å². The number of non-ortho nitro benzene ring substituents is 1. The number of guanidine groups is 1. The standard InChI is InChI=1S/C18H19N7O5/c1-30-11-5-2-9(3-6-11)16(26)14(23-24-18(19)20)15-17(27)22-13-8-10(25(28)29)4-7-12(13)21-15/h2-8,14,16,23,26H,1H3,(H,22,27)(H4,19,20,24)/t14-,16-/m1/s1.